The summed E-state index contributed by atoms with van der Waals surface area (Å²) in [6.07, 6.45) is 3.52. The lowest BCUT2D eigenvalue weighted by atomic mass is 10.1. The van der Waals surface area contributed by atoms with Crippen LogP contribution in [0, 0.1) is 5.92 Å². The van der Waals surface area contributed by atoms with Crippen LogP contribution in [0.5, 0.6) is 0 Å². The molecular formula is C17H15Cl2N3O2. The van der Waals surface area contributed by atoms with Crippen molar-refractivity contribution in [2.45, 2.75) is 13.0 Å². The van der Waals surface area contributed by atoms with Gasteiger partial charge in [0.15, 0.2) is 0 Å². The Hall–Kier alpha value is -2.11. The van der Waals surface area contributed by atoms with Gasteiger partial charge in [-0.05, 0) is 29.8 Å². The average Bonchev–Trinajstić information content (AvgIpc) is 2.97. The molecule has 5 nitrogen and oxygen atoms in total. The first kappa shape index (κ1) is 16.7. The second-order valence-electron chi connectivity index (χ2n) is 5.58. The van der Waals surface area contributed by atoms with Gasteiger partial charge in [0.25, 0.3) is 0 Å². The number of halogens is 2. The summed E-state index contributed by atoms with van der Waals surface area (Å²) in [5.41, 5.74) is 1.45. The maximum atomic E-state index is 12.3. The Bertz CT molecular complexity index is 768. The van der Waals surface area contributed by atoms with E-state index in [4.69, 9.17) is 23.2 Å². The molecule has 0 radical (unpaired) electrons. The molecule has 1 saturated heterocycles. The van der Waals surface area contributed by atoms with Crippen molar-refractivity contribution in [1.29, 1.82) is 0 Å². The maximum absolute atomic E-state index is 12.3. The molecule has 0 bridgehead atoms. The fourth-order valence-electron chi connectivity index (χ4n) is 2.64. The Labute approximate surface area is 149 Å². The third kappa shape index (κ3) is 3.68. The number of nitrogens with one attached hydrogen (secondary N) is 1. The highest BCUT2D eigenvalue weighted by Crippen LogP contribution is 2.33. The SMILES string of the molecule is O=C(NCc1cccnc1)C1CC(=O)N(c2cc(Cl)ccc2Cl)C1. The normalized spacial score (nSPS) is 17.2. The first-order valence-corrected chi connectivity index (χ1v) is 8.22. The van der Waals surface area contributed by atoms with E-state index >= 15 is 0 Å². The quantitative estimate of drug-likeness (QED) is 0.907. The number of rotatable bonds is 4. The number of carbonyl (C=O) groups is 2. The minimum atomic E-state index is -0.413. The van der Waals surface area contributed by atoms with Crippen LogP contribution in [0.1, 0.15) is 12.0 Å². The van der Waals surface area contributed by atoms with Crippen molar-refractivity contribution in [3.63, 3.8) is 0 Å². The number of pyridine rings is 1. The number of benzene rings is 1. The van der Waals surface area contributed by atoms with Crippen LogP contribution in [-0.2, 0) is 16.1 Å². The topological polar surface area (TPSA) is 62.3 Å². The van der Waals surface area contributed by atoms with E-state index in [0.29, 0.717) is 22.3 Å². The van der Waals surface area contributed by atoms with Crippen molar-refractivity contribution in [2.75, 3.05) is 11.4 Å². The Morgan fingerprint density at radius 2 is 2.17 bits per heavy atom. The highest BCUT2D eigenvalue weighted by atomic mass is 35.5. The van der Waals surface area contributed by atoms with Gasteiger partial charge in [-0.3, -0.25) is 14.6 Å². The predicted octanol–water partition coefficient (Wildman–Crippen LogP) is 3.06. The maximum Gasteiger partial charge on any atom is 0.227 e. The van der Waals surface area contributed by atoms with E-state index in [9.17, 15) is 9.59 Å². The fourth-order valence-corrected chi connectivity index (χ4v) is 3.03. The standard InChI is InChI=1S/C17H15Cl2N3O2/c18-13-3-4-14(19)15(7-13)22-10-12(6-16(22)23)17(24)21-9-11-2-1-5-20-8-11/h1-5,7-8,12H,6,9-10H2,(H,21,24). The van der Waals surface area contributed by atoms with Gasteiger partial charge in [-0.15, -0.1) is 0 Å². The molecule has 0 saturated carbocycles. The molecule has 124 valence electrons. The average molecular weight is 364 g/mol. The zero-order chi connectivity index (χ0) is 17.1. The minimum absolute atomic E-state index is 0.138. The van der Waals surface area contributed by atoms with E-state index in [2.05, 4.69) is 10.3 Å². The monoisotopic (exact) mass is 363 g/mol. The van der Waals surface area contributed by atoms with Gasteiger partial charge < -0.3 is 10.2 Å². The van der Waals surface area contributed by atoms with Crippen LogP contribution < -0.4 is 10.2 Å². The molecule has 2 heterocycles. The molecule has 1 aromatic heterocycles. The molecule has 1 aliphatic rings. The first-order chi connectivity index (χ1) is 11.5. The summed E-state index contributed by atoms with van der Waals surface area (Å²) < 4.78 is 0. The lowest BCUT2D eigenvalue weighted by Crippen LogP contribution is -2.32. The number of anilines is 1. The van der Waals surface area contributed by atoms with Crippen LogP contribution >= 0.6 is 23.2 Å². The summed E-state index contributed by atoms with van der Waals surface area (Å²) in [4.78, 5) is 30.1. The molecule has 1 unspecified atom stereocenters. The van der Waals surface area contributed by atoms with Crippen molar-refractivity contribution in [1.82, 2.24) is 10.3 Å². The highest BCUT2D eigenvalue weighted by molar-refractivity contribution is 6.35. The van der Waals surface area contributed by atoms with Gasteiger partial charge in [0.1, 0.15) is 0 Å². The number of hydrogen-bond donors (Lipinski definition) is 1. The van der Waals surface area contributed by atoms with Crippen LogP contribution in [0.3, 0.4) is 0 Å². The van der Waals surface area contributed by atoms with Gasteiger partial charge in [-0.25, -0.2) is 0 Å². The minimum Gasteiger partial charge on any atom is -0.352 e. The van der Waals surface area contributed by atoms with E-state index in [1.165, 1.54) is 4.90 Å². The number of carbonyl (C=O) groups excluding carboxylic acids is 2. The Kier molecular flexibility index (Phi) is 5.02. The number of aromatic nitrogens is 1. The Morgan fingerprint density at radius 1 is 1.33 bits per heavy atom. The predicted molar refractivity (Wildman–Crippen MR) is 93.0 cm³/mol. The largest absolute Gasteiger partial charge is 0.352 e. The van der Waals surface area contributed by atoms with Crippen LogP contribution in [0.2, 0.25) is 10.0 Å². The molecule has 0 spiro atoms. The number of amides is 2. The molecule has 1 N–H and O–H groups in total. The van der Waals surface area contributed by atoms with Crippen LogP contribution in [0.25, 0.3) is 0 Å². The highest BCUT2D eigenvalue weighted by Gasteiger charge is 2.35. The van der Waals surface area contributed by atoms with Crippen molar-refractivity contribution in [3.05, 3.63) is 58.3 Å². The van der Waals surface area contributed by atoms with Gasteiger partial charge in [0.2, 0.25) is 11.8 Å². The molecule has 1 atom stereocenters. The van der Waals surface area contributed by atoms with E-state index in [0.717, 1.165) is 5.56 Å². The molecule has 24 heavy (non-hydrogen) atoms. The Morgan fingerprint density at radius 3 is 2.92 bits per heavy atom. The van der Waals surface area contributed by atoms with E-state index in [1.807, 2.05) is 12.1 Å². The van der Waals surface area contributed by atoms with Gasteiger partial charge >= 0.3 is 0 Å². The summed E-state index contributed by atoms with van der Waals surface area (Å²) >= 11 is 12.1. The molecule has 3 rings (SSSR count). The second kappa shape index (κ2) is 7.20. The summed E-state index contributed by atoms with van der Waals surface area (Å²) in [5, 5.41) is 3.77. The van der Waals surface area contributed by atoms with Gasteiger partial charge in [0.05, 0.1) is 16.6 Å². The third-order valence-electron chi connectivity index (χ3n) is 3.88. The van der Waals surface area contributed by atoms with Crippen LogP contribution in [0.15, 0.2) is 42.7 Å². The Balaban J connectivity index is 1.66. The molecule has 7 heteroatoms. The second-order valence-corrected chi connectivity index (χ2v) is 6.42. The summed E-state index contributed by atoms with van der Waals surface area (Å²) in [6, 6.07) is 8.63. The zero-order valence-corrected chi connectivity index (χ0v) is 14.2. The number of nitrogens with zero attached hydrogens (tertiary/aromatic N) is 2. The van der Waals surface area contributed by atoms with E-state index in [-0.39, 0.29) is 24.8 Å². The van der Waals surface area contributed by atoms with Crippen LogP contribution in [0.4, 0.5) is 5.69 Å². The molecule has 2 amide bonds. The van der Waals surface area contributed by atoms with Gasteiger partial charge in [-0.1, -0.05) is 29.3 Å². The molecule has 2 aromatic rings. The molecular weight excluding hydrogens is 349 g/mol. The van der Waals surface area contributed by atoms with Crippen molar-refractivity contribution >= 4 is 40.7 Å². The lowest BCUT2D eigenvalue weighted by Gasteiger charge is -2.18. The summed E-state index contributed by atoms with van der Waals surface area (Å²) in [6.45, 7) is 0.674. The van der Waals surface area contributed by atoms with Crippen molar-refractivity contribution in [3.8, 4) is 0 Å². The molecule has 0 aliphatic carbocycles. The third-order valence-corrected chi connectivity index (χ3v) is 4.44. The van der Waals surface area contributed by atoms with Crippen molar-refractivity contribution in [2.24, 2.45) is 5.92 Å². The van der Waals surface area contributed by atoms with Gasteiger partial charge in [0, 0.05) is 36.9 Å². The molecule has 1 fully saturated rings. The van der Waals surface area contributed by atoms with Gasteiger partial charge in [-0.2, -0.15) is 0 Å². The smallest absolute Gasteiger partial charge is 0.227 e. The first-order valence-electron chi connectivity index (χ1n) is 7.46. The van der Waals surface area contributed by atoms with E-state index in [1.54, 1.807) is 30.6 Å². The summed E-state index contributed by atoms with van der Waals surface area (Å²) in [7, 11) is 0. The van der Waals surface area contributed by atoms with Crippen molar-refractivity contribution < 1.29 is 9.59 Å². The molecule has 1 aliphatic heterocycles. The zero-order valence-electron chi connectivity index (χ0n) is 12.7. The number of hydrogen-bond acceptors (Lipinski definition) is 3. The van der Waals surface area contributed by atoms with Crippen LogP contribution in [-0.4, -0.2) is 23.3 Å². The molecule has 1 aromatic carbocycles. The summed E-state index contributed by atoms with van der Waals surface area (Å²) in [5.74, 6) is -0.710. The van der Waals surface area contributed by atoms with E-state index < -0.39 is 5.92 Å². The lowest BCUT2D eigenvalue weighted by molar-refractivity contribution is -0.126. The fraction of sp³-hybridized carbons (Fsp3) is 0.235.